The molecule has 19 heavy (non-hydrogen) atoms. The first-order valence-electron chi connectivity index (χ1n) is 5.69. The third kappa shape index (κ3) is 3.63. The summed E-state index contributed by atoms with van der Waals surface area (Å²) < 4.78 is 37.3. The summed E-state index contributed by atoms with van der Waals surface area (Å²) in [6.45, 7) is 0.537. The van der Waals surface area contributed by atoms with Crippen LogP contribution in [0.4, 0.5) is 13.2 Å². The Morgan fingerprint density at radius 3 is 2.63 bits per heavy atom. The van der Waals surface area contributed by atoms with E-state index >= 15 is 0 Å². The second kappa shape index (κ2) is 5.42. The molecule has 1 unspecified atom stereocenters. The van der Waals surface area contributed by atoms with E-state index in [9.17, 15) is 23.1 Å². The number of aliphatic hydroxyl groups excluding tert-OH is 1. The average molecular weight is 291 g/mol. The number of benzene rings is 1. The summed E-state index contributed by atoms with van der Waals surface area (Å²) in [4.78, 5) is 13.4. The quantitative estimate of drug-likeness (QED) is 0.851. The van der Waals surface area contributed by atoms with E-state index in [0.29, 0.717) is 13.0 Å². The zero-order valence-electron chi connectivity index (χ0n) is 9.85. The van der Waals surface area contributed by atoms with E-state index in [-0.39, 0.29) is 28.8 Å². The van der Waals surface area contributed by atoms with Crippen molar-refractivity contribution in [3.63, 3.8) is 0 Å². The molecular weight excluding hydrogens is 279 g/mol. The van der Waals surface area contributed by atoms with Crippen LogP contribution in [0.5, 0.6) is 0 Å². The monoisotopic (exact) mass is 291 g/mol. The number of aliphatic hydroxyl groups is 1. The fourth-order valence-electron chi connectivity index (χ4n) is 1.95. The molecule has 1 heterocycles. The molecule has 2 rings (SSSR count). The van der Waals surface area contributed by atoms with E-state index in [0.717, 1.165) is 0 Å². The molecule has 3 nitrogen and oxygen atoms in total. The Kier molecular flexibility index (Phi) is 4.05. The minimum absolute atomic E-state index is 0.0268. The molecule has 0 spiro atoms. The van der Waals surface area contributed by atoms with Crippen molar-refractivity contribution in [1.82, 2.24) is 4.90 Å². The van der Waals surface area contributed by atoms with Gasteiger partial charge in [-0.05, 0) is 30.3 Å². The Morgan fingerprint density at radius 1 is 1.37 bits per heavy atom. The summed E-state index contributed by atoms with van der Waals surface area (Å²) in [5, 5.41) is 9.37. The van der Waals surface area contributed by atoms with Crippen molar-refractivity contribution in [1.29, 1.82) is 0 Å². The topological polar surface area (TPSA) is 40.5 Å². The van der Waals surface area contributed by atoms with E-state index in [1.165, 1.54) is 29.2 Å². The second-order valence-electron chi connectivity index (χ2n) is 4.24. The van der Waals surface area contributed by atoms with Gasteiger partial charge in [0.05, 0.1) is 11.7 Å². The van der Waals surface area contributed by atoms with Gasteiger partial charge in [0.2, 0.25) is 0 Å². The van der Waals surface area contributed by atoms with Crippen molar-refractivity contribution in [3.05, 3.63) is 29.8 Å². The van der Waals surface area contributed by atoms with Crippen LogP contribution in [-0.4, -0.2) is 40.6 Å². The molecule has 0 saturated carbocycles. The summed E-state index contributed by atoms with van der Waals surface area (Å²) in [6.07, 6.45) is -0.133. The second-order valence-corrected chi connectivity index (χ2v) is 5.34. The summed E-state index contributed by atoms with van der Waals surface area (Å²) in [6, 6.07) is 5.64. The van der Waals surface area contributed by atoms with E-state index in [4.69, 9.17) is 0 Å². The summed E-state index contributed by atoms with van der Waals surface area (Å²) in [7, 11) is 0. The van der Waals surface area contributed by atoms with Crippen LogP contribution in [0.1, 0.15) is 16.8 Å². The lowest BCUT2D eigenvalue weighted by atomic mass is 10.2. The maximum atomic E-state index is 12.4. The maximum absolute atomic E-state index is 12.4. The van der Waals surface area contributed by atoms with Crippen LogP contribution in [0.15, 0.2) is 29.2 Å². The van der Waals surface area contributed by atoms with Gasteiger partial charge in [-0.15, -0.1) is 0 Å². The van der Waals surface area contributed by atoms with Gasteiger partial charge in [-0.1, -0.05) is 12.1 Å². The van der Waals surface area contributed by atoms with Crippen LogP contribution in [0, 0.1) is 0 Å². The van der Waals surface area contributed by atoms with Crippen molar-refractivity contribution < 1.29 is 23.1 Å². The van der Waals surface area contributed by atoms with Gasteiger partial charge in [0.1, 0.15) is 0 Å². The summed E-state index contributed by atoms with van der Waals surface area (Å²) in [5.41, 5.74) is -4.40. The predicted molar refractivity (Wildman–Crippen MR) is 64.9 cm³/mol. The number of thioether (sulfide) groups is 1. The normalized spacial score (nSPS) is 19.8. The number of rotatable bonds is 2. The van der Waals surface area contributed by atoms with Crippen molar-refractivity contribution in [2.75, 3.05) is 13.1 Å². The SMILES string of the molecule is O=C(c1ccccc1SC(F)(F)F)N1CCC(O)C1. The predicted octanol–water partition coefficient (Wildman–Crippen LogP) is 2.51. The van der Waals surface area contributed by atoms with E-state index in [2.05, 4.69) is 0 Å². The zero-order chi connectivity index (χ0) is 14.0. The Morgan fingerprint density at radius 2 is 2.05 bits per heavy atom. The van der Waals surface area contributed by atoms with Crippen LogP contribution >= 0.6 is 11.8 Å². The number of nitrogens with zero attached hydrogens (tertiary/aromatic N) is 1. The van der Waals surface area contributed by atoms with Crippen molar-refractivity contribution >= 4 is 17.7 Å². The molecule has 1 aromatic rings. The lowest BCUT2D eigenvalue weighted by Gasteiger charge is -2.18. The number of hydrogen-bond donors (Lipinski definition) is 1. The molecule has 1 aliphatic rings. The highest BCUT2D eigenvalue weighted by atomic mass is 32.2. The smallest absolute Gasteiger partial charge is 0.391 e. The third-order valence-corrected chi connectivity index (χ3v) is 3.60. The maximum Gasteiger partial charge on any atom is 0.446 e. The number of alkyl halides is 3. The Balaban J connectivity index is 2.22. The van der Waals surface area contributed by atoms with Gasteiger partial charge in [0, 0.05) is 18.0 Å². The van der Waals surface area contributed by atoms with Gasteiger partial charge in [-0.3, -0.25) is 4.79 Å². The number of carbonyl (C=O) groups excluding carboxylic acids is 1. The molecule has 0 radical (unpaired) electrons. The Labute approximate surface area is 112 Å². The average Bonchev–Trinajstić information content (AvgIpc) is 2.74. The fourth-order valence-corrected chi connectivity index (χ4v) is 2.61. The van der Waals surface area contributed by atoms with Crippen molar-refractivity contribution in [2.24, 2.45) is 0 Å². The summed E-state index contributed by atoms with van der Waals surface area (Å²) in [5.74, 6) is -0.469. The minimum atomic E-state index is -4.43. The van der Waals surface area contributed by atoms with Crippen LogP contribution < -0.4 is 0 Å². The molecule has 104 valence electrons. The number of amides is 1. The third-order valence-electron chi connectivity index (χ3n) is 2.79. The minimum Gasteiger partial charge on any atom is -0.391 e. The highest BCUT2D eigenvalue weighted by Crippen LogP contribution is 2.38. The lowest BCUT2D eigenvalue weighted by Crippen LogP contribution is -2.30. The number of hydrogen-bond acceptors (Lipinski definition) is 3. The van der Waals surface area contributed by atoms with Crippen molar-refractivity contribution in [2.45, 2.75) is 22.9 Å². The van der Waals surface area contributed by atoms with Gasteiger partial charge in [-0.2, -0.15) is 13.2 Å². The van der Waals surface area contributed by atoms with Gasteiger partial charge in [-0.25, -0.2) is 0 Å². The van der Waals surface area contributed by atoms with Gasteiger partial charge < -0.3 is 10.0 Å². The highest BCUT2D eigenvalue weighted by molar-refractivity contribution is 8.00. The molecule has 0 aliphatic carbocycles. The first kappa shape index (κ1) is 14.2. The molecule has 1 amide bonds. The molecule has 1 atom stereocenters. The van der Waals surface area contributed by atoms with E-state index in [1.807, 2.05) is 0 Å². The fraction of sp³-hybridized carbons (Fsp3) is 0.417. The van der Waals surface area contributed by atoms with E-state index in [1.54, 1.807) is 0 Å². The molecule has 7 heteroatoms. The number of β-amino-alcohol motifs (C(OH)–C–C–N with tert-alkyl or cyclic N) is 1. The number of likely N-dealkylation sites (tertiary alicyclic amines) is 1. The van der Waals surface area contributed by atoms with Crippen LogP contribution in [0.2, 0.25) is 0 Å². The standard InChI is InChI=1S/C12H12F3NO2S/c13-12(14,15)19-10-4-2-1-3-9(10)11(18)16-6-5-8(17)7-16/h1-4,8,17H,5-7H2. The Bertz CT molecular complexity index is 478. The Hall–Kier alpha value is -1.21. The van der Waals surface area contributed by atoms with Crippen LogP contribution in [0.3, 0.4) is 0 Å². The lowest BCUT2D eigenvalue weighted by molar-refractivity contribution is -0.0328. The highest BCUT2D eigenvalue weighted by Gasteiger charge is 2.33. The van der Waals surface area contributed by atoms with Gasteiger partial charge >= 0.3 is 5.51 Å². The first-order chi connectivity index (χ1) is 8.87. The molecule has 0 aromatic heterocycles. The van der Waals surface area contributed by atoms with E-state index < -0.39 is 17.5 Å². The molecule has 1 aromatic carbocycles. The van der Waals surface area contributed by atoms with Gasteiger partial charge in [0.15, 0.2) is 0 Å². The van der Waals surface area contributed by atoms with Crippen LogP contribution in [0.25, 0.3) is 0 Å². The first-order valence-corrected chi connectivity index (χ1v) is 6.50. The van der Waals surface area contributed by atoms with Crippen LogP contribution in [-0.2, 0) is 0 Å². The largest absolute Gasteiger partial charge is 0.446 e. The molecule has 1 N–H and O–H groups in total. The molecular formula is C12H12F3NO2S. The molecule has 1 aliphatic heterocycles. The molecule has 0 bridgehead atoms. The zero-order valence-corrected chi connectivity index (χ0v) is 10.7. The molecule has 1 saturated heterocycles. The van der Waals surface area contributed by atoms with Crippen molar-refractivity contribution in [3.8, 4) is 0 Å². The molecule has 1 fully saturated rings. The number of carbonyl (C=O) groups is 1. The van der Waals surface area contributed by atoms with Gasteiger partial charge in [0.25, 0.3) is 5.91 Å². The number of halogens is 3. The summed E-state index contributed by atoms with van der Waals surface area (Å²) >= 11 is -0.295.